The van der Waals surface area contributed by atoms with Crippen molar-refractivity contribution in [1.82, 2.24) is 4.98 Å². The van der Waals surface area contributed by atoms with Gasteiger partial charge < -0.3 is 9.64 Å². The van der Waals surface area contributed by atoms with E-state index in [0.717, 1.165) is 12.8 Å². The lowest BCUT2D eigenvalue weighted by Gasteiger charge is -2.32. The first-order valence-electron chi connectivity index (χ1n) is 7.40. The van der Waals surface area contributed by atoms with Crippen molar-refractivity contribution < 1.29 is 9.66 Å². The molecule has 0 atom stereocenters. The molecule has 1 aromatic heterocycles. The van der Waals surface area contributed by atoms with Crippen molar-refractivity contribution in [2.45, 2.75) is 18.9 Å². The van der Waals surface area contributed by atoms with Gasteiger partial charge in [-0.25, -0.2) is 4.98 Å². The Hall–Kier alpha value is -2.34. The molecule has 120 valence electrons. The van der Waals surface area contributed by atoms with Gasteiger partial charge >= 0.3 is 5.69 Å². The van der Waals surface area contributed by atoms with Crippen molar-refractivity contribution in [1.29, 1.82) is 0 Å². The van der Waals surface area contributed by atoms with Gasteiger partial charge in [0, 0.05) is 38.2 Å². The second kappa shape index (κ2) is 6.83. The molecule has 0 bridgehead atoms. The Balaban J connectivity index is 1.65. The van der Waals surface area contributed by atoms with Gasteiger partial charge in [0.25, 0.3) is 0 Å². The van der Waals surface area contributed by atoms with Gasteiger partial charge in [-0.05, 0) is 18.2 Å². The van der Waals surface area contributed by atoms with Crippen LogP contribution in [0.25, 0.3) is 0 Å². The molecule has 0 saturated carbocycles. The topological polar surface area (TPSA) is 68.5 Å². The number of nitro groups is 1. The minimum absolute atomic E-state index is 0.0398. The zero-order chi connectivity index (χ0) is 16.2. The summed E-state index contributed by atoms with van der Waals surface area (Å²) in [5, 5.41) is 11.7. The highest BCUT2D eigenvalue weighted by atomic mass is 35.5. The number of para-hydroxylation sites is 1. The van der Waals surface area contributed by atoms with E-state index in [9.17, 15) is 10.1 Å². The number of hydrogen-bond acceptors (Lipinski definition) is 5. The van der Waals surface area contributed by atoms with E-state index >= 15 is 0 Å². The molecule has 0 amide bonds. The Kier molecular flexibility index (Phi) is 4.62. The molecule has 0 spiro atoms. The number of halogens is 1. The zero-order valence-corrected chi connectivity index (χ0v) is 13.1. The molecule has 0 aliphatic carbocycles. The maximum atomic E-state index is 11.1. The van der Waals surface area contributed by atoms with Crippen LogP contribution in [0.5, 0.6) is 5.75 Å². The van der Waals surface area contributed by atoms with Crippen LogP contribution in [0.15, 0.2) is 42.6 Å². The molecule has 2 aromatic rings. The molecule has 1 aromatic carbocycles. The summed E-state index contributed by atoms with van der Waals surface area (Å²) in [5.74, 6) is 1.10. The normalized spacial score (nSPS) is 15.4. The molecule has 1 saturated heterocycles. The zero-order valence-electron chi connectivity index (χ0n) is 12.4. The predicted molar refractivity (Wildman–Crippen MR) is 88.2 cm³/mol. The summed E-state index contributed by atoms with van der Waals surface area (Å²) in [6, 6.07) is 10.4. The summed E-state index contributed by atoms with van der Waals surface area (Å²) in [7, 11) is 0. The van der Waals surface area contributed by atoms with E-state index in [4.69, 9.17) is 16.3 Å². The highest BCUT2D eigenvalue weighted by Crippen LogP contribution is 2.30. The Morgan fingerprint density at radius 2 is 1.96 bits per heavy atom. The summed E-state index contributed by atoms with van der Waals surface area (Å²) < 4.78 is 5.94. The van der Waals surface area contributed by atoms with Gasteiger partial charge in [0.2, 0.25) is 5.82 Å². The molecule has 1 fully saturated rings. The van der Waals surface area contributed by atoms with E-state index in [1.807, 2.05) is 23.1 Å². The molecular formula is C16H16ClN3O3. The molecule has 23 heavy (non-hydrogen) atoms. The van der Waals surface area contributed by atoms with Crippen LogP contribution in [0.2, 0.25) is 5.02 Å². The maximum Gasteiger partial charge on any atom is 0.311 e. The van der Waals surface area contributed by atoms with Crippen LogP contribution < -0.4 is 9.64 Å². The monoisotopic (exact) mass is 333 g/mol. The lowest BCUT2D eigenvalue weighted by atomic mass is 10.1. The number of pyridine rings is 1. The highest BCUT2D eigenvalue weighted by molar-refractivity contribution is 6.32. The first kappa shape index (κ1) is 15.6. The minimum Gasteiger partial charge on any atom is -0.489 e. The summed E-state index contributed by atoms with van der Waals surface area (Å²) in [5.41, 5.74) is 0.0398. The van der Waals surface area contributed by atoms with Crippen LogP contribution in [0.3, 0.4) is 0 Å². The van der Waals surface area contributed by atoms with E-state index in [2.05, 4.69) is 4.98 Å². The van der Waals surface area contributed by atoms with Crippen molar-refractivity contribution in [3.63, 3.8) is 0 Å². The lowest BCUT2D eigenvalue weighted by molar-refractivity contribution is -0.384. The third-order valence-corrected chi connectivity index (χ3v) is 4.15. The van der Waals surface area contributed by atoms with Crippen LogP contribution in [-0.4, -0.2) is 29.1 Å². The molecule has 7 heteroatoms. The molecule has 3 rings (SSSR count). The second-order valence-corrected chi connectivity index (χ2v) is 5.75. The van der Waals surface area contributed by atoms with Gasteiger partial charge in [0.15, 0.2) is 0 Å². The third-order valence-electron chi connectivity index (χ3n) is 3.83. The van der Waals surface area contributed by atoms with Crippen molar-refractivity contribution >= 4 is 23.1 Å². The number of anilines is 1. The van der Waals surface area contributed by atoms with E-state index < -0.39 is 4.92 Å². The third kappa shape index (κ3) is 3.53. The molecule has 6 nitrogen and oxygen atoms in total. The van der Waals surface area contributed by atoms with E-state index in [1.54, 1.807) is 18.3 Å². The Labute approximate surface area is 138 Å². The number of benzene rings is 1. The Bertz CT molecular complexity index is 702. The summed E-state index contributed by atoms with van der Waals surface area (Å²) in [6.07, 6.45) is 3.15. The Morgan fingerprint density at radius 1 is 1.22 bits per heavy atom. The van der Waals surface area contributed by atoms with Gasteiger partial charge in [0.1, 0.15) is 11.9 Å². The first-order valence-corrected chi connectivity index (χ1v) is 7.78. The summed E-state index contributed by atoms with van der Waals surface area (Å²) >= 11 is 6.10. The fourth-order valence-corrected chi connectivity index (χ4v) is 2.86. The van der Waals surface area contributed by atoms with E-state index in [-0.39, 0.29) is 11.8 Å². The summed E-state index contributed by atoms with van der Waals surface area (Å²) in [4.78, 5) is 16.8. The molecule has 0 N–H and O–H groups in total. The van der Waals surface area contributed by atoms with Crippen molar-refractivity contribution in [2.24, 2.45) is 0 Å². The largest absolute Gasteiger partial charge is 0.489 e. The first-order chi connectivity index (χ1) is 11.1. The molecule has 0 unspecified atom stereocenters. The van der Waals surface area contributed by atoms with Crippen LogP contribution in [0.1, 0.15) is 12.8 Å². The number of piperidine rings is 1. The van der Waals surface area contributed by atoms with Crippen molar-refractivity contribution in [3.8, 4) is 5.75 Å². The van der Waals surface area contributed by atoms with E-state index in [1.165, 1.54) is 6.07 Å². The highest BCUT2D eigenvalue weighted by Gasteiger charge is 2.26. The fourth-order valence-electron chi connectivity index (χ4n) is 2.68. The van der Waals surface area contributed by atoms with Gasteiger partial charge in [-0.2, -0.15) is 0 Å². The van der Waals surface area contributed by atoms with Crippen LogP contribution in [-0.2, 0) is 0 Å². The van der Waals surface area contributed by atoms with Gasteiger partial charge in [-0.1, -0.05) is 23.7 Å². The molecule has 1 aliphatic rings. The van der Waals surface area contributed by atoms with Crippen LogP contribution >= 0.6 is 11.6 Å². The van der Waals surface area contributed by atoms with Crippen LogP contribution in [0, 0.1) is 10.1 Å². The van der Waals surface area contributed by atoms with Gasteiger partial charge in [-0.15, -0.1) is 0 Å². The molecular weight excluding hydrogens is 318 g/mol. The van der Waals surface area contributed by atoms with Crippen LogP contribution in [0.4, 0.5) is 11.5 Å². The lowest BCUT2D eigenvalue weighted by Crippen LogP contribution is -2.39. The molecule has 0 radical (unpaired) electrons. The second-order valence-electron chi connectivity index (χ2n) is 5.34. The molecule has 2 heterocycles. The van der Waals surface area contributed by atoms with Crippen molar-refractivity contribution in [3.05, 3.63) is 57.7 Å². The number of rotatable bonds is 4. The average Bonchev–Trinajstić information content (AvgIpc) is 2.58. The SMILES string of the molecule is O=[N+]([O-])c1cccnc1N1CCC(Oc2ccccc2Cl)CC1. The van der Waals surface area contributed by atoms with Gasteiger partial charge in [-0.3, -0.25) is 10.1 Å². The van der Waals surface area contributed by atoms with Gasteiger partial charge in [0.05, 0.1) is 9.95 Å². The Morgan fingerprint density at radius 3 is 2.65 bits per heavy atom. The van der Waals surface area contributed by atoms with E-state index in [0.29, 0.717) is 29.7 Å². The standard InChI is InChI=1S/C16H16ClN3O3/c17-13-4-1-2-6-15(13)23-12-7-10-19(11-8-12)16-14(20(21)22)5-3-9-18-16/h1-6,9,12H,7-8,10-11H2. The molecule has 1 aliphatic heterocycles. The number of ether oxygens (including phenoxy) is 1. The smallest absolute Gasteiger partial charge is 0.311 e. The fraction of sp³-hybridized carbons (Fsp3) is 0.312. The number of aromatic nitrogens is 1. The quantitative estimate of drug-likeness (QED) is 0.630. The predicted octanol–water partition coefficient (Wildman–Crippen LogP) is 3.69. The number of nitrogens with zero attached hydrogens (tertiary/aromatic N) is 3. The average molecular weight is 334 g/mol. The summed E-state index contributed by atoms with van der Waals surface area (Å²) in [6.45, 7) is 1.32. The minimum atomic E-state index is -0.394. The number of hydrogen-bond donors (Lipinski definition) is 0. The van der Waals surface area contributed by atoms with Crippen molar-refractivity contribution in [2.75, 3.05) is 18.0 Å². The maximum absolute atomic E-state index is 11.1.